The summed E-state index contributed by atoms with van der Waals surface area (Å²) in [4.78, 5) is 47.0. The molecule has 2 aliphatic heterocycles. The number of aromatic amines is 2. The van der Waals surface area contributed by atoms with Gasteiger partial charge in [0.15, 0.2) is 0 Å². The van der Waals surface area contributed by atoms with Gasteiger partial charge in [0.25, 0.3) is 11.5 Å². The Morgan fingerprint density at radius 1 is 1.21 bits per heavy atom. The first-order valence-corrected chi connectivity index (χ1v) is 8.20. The molecule has 0 aromatic carbocycles. The maximum atomic E-state index is 12.9. The molecule has 24 heavy (non-hydrogen) atoms. The first kappa shape index (κ1) is 15.1. The standard InChI is InChI=1S/C16H19N5O3/c1-8-6-11(18-13-12(8)14(22)20-16(24)19-13)15(23)21-5-4-9-2-3-10(7-21)17-9/h6,9-10,17H,2-5,7H2,1H3,(H2,18,19,20,22,24). The maximum absolute atomic E-state index is 12.9. The highest BCUT2D eigenvalue weighted by Gasteiger charge is 2.32. The van der Waals surface area contributed by atoms with E-state index in [0.717, 1.165) is 12.8 Å². The molecule has 2 fully saturated rings. The SMILES string of the molecule is Cc1cc(C(=O)N2CCC3CCC(C2)N3)nc2[nH]c(=O)[nH]c(=O)c12. The molecule has 2 aromatic heterocycles. The van der Waals surface area contributed by atoms with E-state index in [0.29, 0.717) is 36.1 Å². The zero-order valence-corrected chi connectivity index (χ0v) is 13.4. The monoisotopic (exact) mass is 329 g/mol. The molecular formula is C16H19N5O3. The van der Waals surface area contributed by atoms with E-state index < -0.39 is 11.2 Å². The lowest BCUT2D eigenvalue weighted by atomic mass is 10.1. The zero-order valence-electron chi connectivity index (χ0n) is 13.4. The third-order valence-electron chi connectivity index (χ3n) is 4.93. The summed E-state index contributed by atoms with van der Waals surface area (Å²) in [7, 11) is 0. The number of pyridine rings is 1. The number of amides is 1. The predicted octanol–water partition coefficient (Wildman–Crippen LogP) is -0.114. The second-order valence-corrected chi connectivity index (χ2v) is 6.63. The number of nitrogens with zero attached hydrogens (tertiary/aromatic N) is 2. The van der Waals surface area contributed by atoms with Gasteiger partial charge in [0, 0.05) is 25.2 Å². The van der Waals surface area contributed by atoms with Crippen LogP contribution in [0.3, 0.4) is 0 Å². The highest BCUT2D eigenvalue weighted by Crippen LogP contribution is 2.22. The fraction of sp³-hybridized carbons (Fsp3) is 0.500. The van der Waals surface area contributed by atoms with E-state index in [1.807, 2.05) is 4.90 Å². The minimum absolute atomic E-state index is 0.154. The minimum atomic E-state index is -0.625. The molecule has 0 saturated carbocycles. The molecule has 2 bridgehead atoms. The van der Waals surface area contributed by atoms with Crippen molar-refractivity contribution in [3.05, 3.63) is 38.2 Å². The Morgan fingerprint density at radius 2 is 2.00 bits per heavy atom. The van der Waals surface area contributed by atoms with Crippen LogP contribution in [0.25, 0.3) is 11.0 Å². The molecule has 4 heterocycles. The molecule has 126 valence electrons. The highest BCUT2D eigenvalue weighted by atomic mass is 16.2. The molecular weight excluding hydrogens is 310 g/mol. The van der Waals surface area contributed by atoms with Gasteiger partial charge in [0.2, 0.25) is 0 Å². The molecule has 2 unspecified atom stereocenters. The number of hydrogen-bond acceptors (Lipinski definition) is 5. The molecule has 4 rings (SSSR count). The van der Waals surface area contributed by atoms with Crippen molar-refractivity contribution in [1.82, 2.24) is 25.2 Å². The highest BCUT2D eigenvalue weighted by molar-refractivity contribution is 5.95. The van der Waals surface area contributed by atoms with Gasteiger partial charge in [-0.3, -0.25) is 19.6 Å². The van der Waals surface area contributed by atoms with E-state index >= 15 is 0 Å². The van der Waals surface area contributed by atoms with Crippen LogP contribution in [0.1, 0.15) is 35.3 Å². The van der Waals surface area contributed by atoms with E-state index in [-0.39, 0.29) is 17.2 Å². The first-order chi connectivity index (χ1) is 11.5. The lowest BCUT2D eigenvalue weighted by molar-refractivity contribution is 0.0742. The molecule has 8 nitrogen and oxygen atoms in total. The largest absolute Gasteiger partial charge is 0.336 e. The quantitative estimate of drug-likeness (QED) is 0.676. The zero-order chi connectivity index (χ0) is 16.8. The van der Waals surface area contributed by atoms with Gasteiger partial charge in [-0.15, -0.1) is 0 Å². The Balaban J connectivity index is 1.72. The molecule has 2 atom stereocenters. The van der Waals surface area contributed by atoms with Crippen molar-refractivity contribution in [3.63, 3.8) is 0 Å². The minimum Gasteiger partial charge on any atom is -0.336 e. The van der Waals surface area contributed by atoms with Crippen LogP contribution < -0.4 is 16.6 Å². The number of carbonyl (C=O) groups excluding carboxylic acids is 1. The number of aryl methyl sites for hydroxylation is 1. The summed E-state index contributed by atoms with van der Waals surface area (Å²) in [6.45, 7) is 3.10. The summed E-state index contributed by atoms with van der Waals surface area (Å²) < 4.78 is 0. The molecule has 3 N–H and O–H groups in total. The van der Waals surface area contributed by atoms with Crippen molar-refractivity contribution in [2.45, 2.75) is 38.3 Å². The van der Waals surface area contributed by atoms with Crippen molar-refractivity contribution in [1.29, 1.82) is 0 Å². The molecule has 2 aliphatic rings. The summed E-state index contributed by atoms with van der Waals surface area (Å²) >= 11 is 0. The van der Waals surface area contributed by atoms with Gasteiger partial charge in [-0.2, -0.15) is 0 Å². The van der Waals surface area contributed by atoms with E-state index in [1.165, 1.54) is 6.42 Å². The Morgan fingerprint density at radius 3 is 2.83 bits per heavy atom. The van der Waals surface area contributed by atoms with Crippen LogP contribution in [0.5, 0.6) is 0 Å². The lowest BCUT2D eigenvalue weighted by Gasteiger charge is -2.24. The predicted molar refractivity (Wildman–Crippen MR) is 88.2 cm³/mol. The van der Waals surface area contributed by atoms with Crippen molar-refractivity contribution >= 4 is 16.9 Å². The van der Waals surface area contributed by atoms with Crippen LogP contribution in [0.2, 0.25) is 0 Å². The first-order valence-electron chi connectivity index (χ1n) is 8.20. The van der Waals surface area contributed by atoms with E-state index in [2.05, 4.69) is 20.3 Å². The third-order valence-corrected chi connectivity index (χ3v) is 4.93. The van der Waals surface area contributed by atoms with Crippen molar-refractivity contribution in [3.8, 4) is 0 Å². The number of rotatable bonds is 1. The van der Waals surface area contributed by atoms with Crippen molar-refractivity contribution in [2.75, 3.05) is 13.1 Å². The molecule has 0 radical (unpaired) electrons. The molecule has 0 spiro atoms. The van der Waals surface area contributed by atoms with Gasteiger partial charge in [-0.25, -0.2) is 9.78 Å². The summed E-state index contributed by atoms with van der Waals surface area (Å²) in [5.74, 6) is -0.157. The Labute approximate surface area is 137 Å². The number of likely N-dealkylation sites (tertiary alicyclic amines) is 1. The van der Waals surface area contributed by atoms with Crippen molar-refractivity contribution < 1.29 is 4.79 Å². The van der Waals surface area contributed by atoms with Crippen LogP contribution in [0.15, 0.2) is 15.7 Å². The normalized spacial score (nSPS) is 23.5. The number of fused-ring (bicyclic) bond motifs is 3. The van der Waals surface area contributed by atoms with E-state index in [4.69, 9.17) is 0 Å². The summed E-state index contributed by atoms with van der Waals surface area (Å²) in [6, 6.07) is 2.45. The number of nitrogens with one attached hydrogen (secondary N) is 3. The third kappa shape index (κ3) is 2.52. The lowest BCUT2D eigenvalue weighted by Crippen LogP contribution is -2.39. The van der Waals surface area contributed by atoms with Gasteiger partial charge in [-0.05, 0) is 37.8 Å². The van der Waals surface area contributed by atoms with Crippen molar-refractivity contribution in [2.24, 2.45) is 0 Å². The molecule has 2 aromatic rings. The summed E-state index contributed by atoms with van der Waals surface area (Å²) in [5.41, 5.74) is -0.0785. The Kier molecular flexibility index (Phi) is 3.49. The van der Waals surface area contributed by atoms with Crippen LogP contribution in [-0.2, 0) is 0 Å². The number of hydrogen-bond donors (Lipinski definition) is 3. The van der Waals surface area contributed by atoms with E-state index in [1.54, 1.807) is 13.0 Å². The van der Waals surface area contributed by atoms with Gasteiger partial charge >= 0.3 is 5.69 Å². The van der Waals surface area contributed by atoms with Crippen LogP contribution >= 0.6 is 0 Å². The maximum Gasteiger partial charge on any atom is 0.327 e. The molecule has 8 heteroatoms. The molecule has 2 saturated heterocycles. The van der Waals surface area contributed by atoms with Gasteiger partial charge in [0.1, 0.15) is 11.3 Å². The summed E-state index contributed by atoms with van der Waals surface area (Å²) in [6.07, 6.45) is 3.19. The van der Waals surface area contributed by atoms with Crippen LogP contribution in [-0.4, -0.2) is 50.9 Å². The van der Waals surface area contributed by atoms with E-state index in [9.17, 15) is 14.4 Å². The second-order valence-electron chi connectivity index (χ2n) is 6.63. The van der Waals surface area contributed by atoms with Crippen LogP contribution in [0.4, 0.5) is 0 Å². The molecule has 1 amide bonds. The summed E-state index contributed by atoms with van der Waals surface area (Å²) in [5, 5.41) is 3.85. The topological polar surface area (TPSA) is 111 Å². The Hall–Kier alpha value is -2.48. The Bertz CT molecular complexity index is 931. The second kappa shape index (κ2) is 5.55. The van der Waals surface area contributed by atoms with Gasteiger partial charge < -0.3 is 10.2 Å². The molecule has 0 aliphatic carbocycles. The van der Waals surface area contributed by atoms with Gasteiger partial charge in [-0.1, -0.05) is 0 Å². The average molecular weight is 329 g/mol. The van der Waals surface area contributed by atoms with Gasteiger partial charge in [0.05, 0.1) is 5.39 Å². The number of carbonyl (C=O) groups is 1. The number of H-pyrrole nitrogens is 2. The fourth-order valence-corrected chi connectivity index (χ4v) is 3.75. The fourth-order valence-electron chi connectivity index (χ4n) is 3.75. The average Bonchev–Trinajstić information content (AvgIpc) is 2.84. The van der Waals surface area contributed by atoms with Crippen LogP contribution in [0, 0.1) is 6.92 Å². The number of aromatic nitrogens is 3. The smallest absolute Gasteiger partial charge is 0.327 e.